The van der Waals surface area contributed by atoms with Crippen molar-refractivity contribution in [2.24, 2.45) is 5.92 Å². The lowest BCUT2D eigenvalue weighted by Crippen LogP contribution is -2.28. The summed E-state index contributed by atoms with van der Waals surface area (Å²) in [7, 11) is 1.55. The largest absolute Gasteiger partial charge is 0.497 e. The molecule has 1 saturated heterocycles. The molecule has 1 N–H and O–H groups in total. The molecule has 0 spiro atoms. The number of anilines is 2. The predicted molar refractivity (Wildman–Crippen MR) is 96.2 cm³/mol. The maximum Gasteiger partial charge on any atom is 0.229 e. The maximum atomic E-state index is 13.9. The van der Waals surface area contributed by atoms with Crippen molar-refractivity contribution < 1.29 is 18.7 Å². The number of nitrogens with one attached hydrogen (secondary N) is 1. The summed E-state index contributed by atoms with van der Waals surface area (Å²) in [4.78, 5) is 26.2. The number of ether oxygens (including phenoxy) is 1. The second-order valence-electron chi connectivity index (χ2n) is 5.72. The van der Waals surface area contributed by atoms with Gasteiger partial charge in [-0.1, -0.05) is 22.0 Å². The van der Waals surface area contributed by atoms with Gasteiger partial charge in [0.15, 0.2) is 0 Å². The van der Waals surface area contributed by atoms with Gasteiger partial charge in [0.05, 0.1) is 18.7 Å². The molecule has 7 heteroatoms. The Hall–Kier alpha value is -2.41. The van der Waals surface area contributed by atoms with Gasteiger partial charge in [0.2, 0.25) is 11.8 Å². The third-order valence-corrected chi connectivity index (χ3v) is 4.54. The first kappa shape index (κ1) is 17.4. The standard InChI is InChI=1S/C18H16BrFN2O3/c1-25-14-4-2-3-13(9-14)22-10-11(7-17(22)23)18(24)21-16-6-5-12(19)8-15(16)20/h2-6,8-9,11H,7,10H2,1H3,(H,21,24)/t11-/m1/s1. The summed E-state index contributed by atoms with van der Waals surface area (Å²) in [6, 6.07) is 11.5. The van der Waals surface area contributed by atoms with Gasteiger partial charge >= 0.3 is 0 Å². The maximum absolute atomic E-state index is 13.9. The molecule has 0 radical (unpaired) electrons. The number of hydrogen-bond donors (Lipinski definition) is 1. The molecule has 0 bridgehead atoms. The molecule has 5 nitrogen and oxygen atoms in total. The lowest BCUT2D eigenvalue weighted by Gasteiger charge is -2.17. The van der Waals surface area contributed by atoms with Gasteiger partial charge in [-0.3, -0.25) is 9.59 Å². The Morgan fingerprint density at radius 3 is 2.84 bits per heavy atom. The van der Waals surface area contributed by atoms with Crippen molar-refractivity contribution >= 4 is 39.1 Å². The molecule has 1 atom stereocenters. The van der Waals surface area contributed by atoms with Gasteiger partial charge in [0, 0.05) is 29.2 Å². The summed E-state index contributed by atoms with van der Waals surface area (Å²) in [6.45, 7) is 0.246. The van der Waals surface area contributed by atoms with Crippen LogP contribution in [0.15, 0.2) is 46.9 Å². The highest BCUT2D eigenvalue weighted by Crippen LogP contribution is 2.29. The van der Waals surface area contributed by atoms with E-state index >= 15 is 0 Å². The molecule has 2 aromatic carbocycles. The van der Waals surface area contributed by atoms with Gasteiger partial charge in [-0.05, 0) is 30.3 Å². The zero-order valence-electron chi connectivity index (χ0n) is 13.5. The van der Waals surface area contributed by atoms with Crippen LogP contribution in [0, 0.1) is 11.7 Å². The van der Waals surface area contributed by atoms with Crippen LogP contribution in [-0.2, 0) is 9.59 Å². The van der Waals surface area contributed by atoms with Crippen LogP contribution in [0.4, 0.5) is 15.8 Å². The zero-order valence-corrected chi connectivity index (χ0v) is 15.0. The minimum Gasteiger partial charge on any atom is -0.497 e. The number of halogens is 2. The van der Waals surface area contributed by atoms with Crippen LogP contribution < -0.4 is 15.0 Å². The highest BCUT2D eigenvalue weighted by atomic mass is 79.9. The lowest BCUT2D eigenvalue weighted by molar-refractivity contribution is -0.122. The fourth-order valence-electron chi connectivity index (χ4n) is 2.74. The third-order valence-electron chi connectivity index (χ3n) is 4.05. The normalized spacial score (nSPS) is 16.8. The molecule has 1 fully saturated rings. The van der Waals surface area contributed by atoms with E-state index in [4.69, 9.17) is 4.74 Å². The number of hydrogen-bond acceptors (Lipinski definition) is 3. The number of rotatable bonds is 4. The second-order valence-corrected chi connectivity index (χ2v) is 6.64. The quantitative estimate of drug-likeness (QED) is 0.843. The van der Waals surface area contributed by atoms with Crippen molar-refractivity contribution in [3.05, 3.63) is 52.8 Å². The Morgan fingerprint density at radius 1 is 1.32 bits per heavy atom. The fourth-order valence-corrected chi connectivity index (χ4v) is 3.07. The van der Waals surface area contributed by atoms with Crippen LogP contribution in [0.2, 0.25) is 0 Å². The van der Waals surface area contributed by atoms with Crippen LogP contribution in [0.25, 0.3) is 0 Å². The van der Waals surface area contributed by atoms with Crippen molar-refractivity contribution in [3.63, 3.8) is 0 Å². The number of benzene rings is 2. The lowest BCUT2D eigenvalue weighted by atomic mass is 10.1. The fraction of sp³-hybridized carbons (Fsp3) is 0.222. The SMILES string of the molecule is COc1cccc(N2C[C@H](C(=O)Nc3ccc(Br)cc3F)CC2=O)c1. The topological polar surface area (TPSA) is 58.6 Å². The summed E-state index contributed by atoms with van der Waals surface area (Å²) >= 11 is 3.17. The Balaban J connectivity index is 1.72. The first-order chi connectivity index (χ1) is 12.0. The van der Waals surface area contributed by atoms with Gasteiger partial charge in [0.25, 0.3) is 0 Å². The van der Waals surface area contributed by atoms with Crippen LogP contribution in [-0.4, -0.2) is 25.5 Å². The molecular weight excluding hydrogens is 391 g/mol. The molecule has 3 rings (SSSR count). The van der Waals surface area contributed by atoms with Crippen LogP contribution in [0.1, 0.15) is 6.42 Å². The molecule has 0 saturated carbocycles. The van der Waals surface area contributed by atoms with E-state index in [0.717, 1.165) is 0 Å². The minimum atomic E-state index is -0.540. The van der Waals surface area contributed by atoms with Crippen LogP contribution >= 0.6 is 15.9 Å². The summed E-state index contributed by atoms with van der Waals surface area (Å²) in [5.74, 6) is -0.960. The first-order valence-electron chi connectivity index (χ1n) is 7.68. The molecule has 2 amide bonds. The third kappa shape index (κ3) is 3.82. The van der Waals surface area contributed by atoms with Gasteiger partial charge < -0.3 is 15.0 Å². The molecule has 1 heterocycles. The summed E-state index contributed by atoms with van der Waals surface area (Å²) < 4.78 is 19.6. The van der Waals surface area contributed by atoms with Crippen molar-refractivity contribution in [2.45, 2.75) is 6.42 Å². The van der Waals surface area contributed by atoms with Gasteiger partial charge in [-0.2, -0.15) is 0 Å². The highest BCUT2D eigenvalue weighted by Gasteiger charge is 2.35. The predicted octanol–water partition coefficient (Wildman–Crippen LogP) is 3.59. The average molecular weight is 407 g/mol. The molecule has 25 heavy (non-hydrogen) atoms. The van der Waals surface area contributed by atoms with Crippen molar-refractivity contribution in [3.8, 4) is 5.75 Å². The first-order valence-corrected chi connectivity index (χ1v) is 8.47. The summed E-state index contributed by atoms with van der Waals surface area (Å²) in [6.07, 6.45) is 0.0845. The van der Waals surface area contributed by atoms with Gasteiger partial charge in [-0.15, -0.1) is 0 Å². The number of carbonyl (C=O) groups excluding carboxylic acids is 2. The minimum absolute atomic E-state index is 0.0845. The highest BCUT2D eigenvalue weighted by molar-refractivity contribution is 9.10. The van der Waals surface area contributed by atoms with E-state index in [9.17, 15) is 14.0 Å². The van der Waals surface area contributed by atoms with Crippen molar-refractivity contribution in [1.82, 2.24) is 0 Å². The van der Waals surface area contributed by atoms with E-state index in [1.807, 2.05) is 0 Å². The zero-order chi connectivity index (χ0) is 18.0. The van der Waals surface area contributed by atoms with Crippen molar-refractivity contribution in [2.75, 3.05) is 23.9 Å². The number of amides is 2. The smallest absolute Gasteiger partial charge is 0.229 e. The van der Waals surface area contributed by atoms with Crippen LogP contribution in [0.5, 0.6) is 5.75 Å². The molecular formula is C18H16BrFN2O3. The Labute approximate surface area is 152 Å². The monoisotopic (exact) mass is 406 g/mol. The molecule has 0 aromatic heterocycles. The Kier molecular flexibility index (Phi) is 5.03. The Bertz CT molecular complexity index is 828. The van der Waals surface area contributed by atoms with Gasteiger partial charge in [-0.25, -0.2) is 4.39 Å². The molecule has 130 valence electrons. The molecule has 1 aliphatic rings. The second kappa shape index (κ2) is 7.23. The van der Waals surface area contributed by atoms with E-state index in [1.54, 1.807) is 42.3 Å². The van der Waals surface area contributed by atoms with E-state index in [1.165, 1.54) is 12.1 Å². The summed E-state index contributed by atoms with van der Waals surface area (Å²) in [5, 5.41) is 2.56. The average Bonchev–Trinajstić information content (AvgIpc) is 2.99. The van der Waals surface area contributed by atoms with E-state index in [-0.39, 0.29) is 30.5 Å². The van der Waals surface area contributed by atoms with E-state index in [0.29, 0.717) is 15.9 Å². The number of nitrogens with zero attached hydrogens (tertiary/aromatic N) is 1. The molecule has 2 aromatic rings. The van der Waals surface area contributed by atoms with E-state index in [2.05, 4.69) is 21.2 Å². The number of methoxy groups -OCH3 is 1. The van der Waals surface area contributed by atoms with E-state index < -0.39 is 11.7 Å². The van der Waals surface area contributed by atoms with Crippen LogP contribution in [0.3, 0.4) is 0 Å². The van der Waals surface area contributed by atoms with Gasteiger partial charge in [0.1, 0.15) is 11.6 Å². The van der Waals surface area contributed by atoms with Crippen molar-refractivity contribution in [1.29, 1.82) is 0 Å². The Morgan fingerprint density at radius 2 is 2.12 bits per heavy atom. The summed E-state index contributed by atoms with van der Waals surface area (Å²) in [5.41, 5.74) is 0.773. The molecule has 0 aliphatic carbocycles. The molecule has 1 aliphatic heterocycles. The number of carbonyl (C=O) groups is 2. The molecule has 0 unspecified atom stereocenters.